The minimum absolute atomic E-state index is 0.304. The number of nitrogens with zero attached hydrogens (tertiary/aromatic N) is 2. The molecule has 0 aliphatic carbocycles. The Hall–Kier alpha value is -3.71. The number of hydrogen-bond acceptors (Lipinski definition) is 6. The summed E-state index contributed by atoms with van der Waals surface area (Å²) in [6.45, 7) is 0. The summed E-state index contributed by atoms with van der Waals surface area (Å²) in [6, 6.07) is 25.3. The van der Waals surface area contributed by atoms with Crippen LogP contribution in [0.4, 0.5) is 5.69 Å². The van der Waals surface area contributed by atoms with Gasteiger partial charge >= 0.3 is 0 Å². The fourth-order valence-electron chi connectivity index (χ4n) is 2.84. The summed E-state index contributed by atoms with van der Waals surface area (Å²) in [4.78, 5) is 0.766. The zero-order valence-corrected chi connectivity index (χ0v) is 16.2. The van der Waals surface area contributed by atoms with Crippen LogP contribution >= 0.6 is 11.8 Å². The van der Waals surface area contributed by atoms with Crippen LogP contribution in [0.5, 0.6) is 0 Å². The first-order valence-corrected chi connectivity index (χ1v) is 9.55. The van der Waals surface area contributed by atoms with Gasteiger partial charge in [-0.3, -0.25) is 0 Å². The Morgan fingerprint density at radius 3 is 2.31 bits per heavy atom. The Bertz CT molecular complexity index is 1160. The van der Waals surface area contributed by atoms with Gasteiger partial charge in [-0.15, -0.1) is 0 Å². The van der Waals surface area contributed by atoms with Crippen LogP contribution in [0.2, 0.25) is 0 Å². The van der Waals surface area contributed by atoms with Crippen molar-refractivity contribution in [3.05, 3.63) is 100 Å². The summed E-state index contributed by atoms with van der Waals surface area (Å²) in [6.07, 6.45) is -0.929. The predicted molar refractivity (Wildman–Crippen MR) is 115 cm³/mol. The topological polar surface area (TPSA) is 120 Å². The first-order valence-electron chi connectivity index (χ1n) is 8.74. The number of aliphatic hydroxyl groups excluding tert-OH is 1. The third kappa shape index (κ3) is 4.59. The summed E-state index contributed by atoms with van der Waals surface area (Å²) >= 11 is 1.22. The minimum Gasteiger partial charge on any atom is -0.398 e. The fourth-order valence-corrected chi connectivity index (χ4v) is 3.67. The predicted octanol–water partition coefficient (Wildman–Crippen LogP) is 4.17. The van der Waals surface area contributed by atoms with E-state index in [1.54, 1.807) is 54.6 Å². The number of nitriles is 2. The molecule has 1 unspecified atom stereocenters. The van der Waals surface area contributed by atoms with Crippen molar-refractivity contribution >= 4 is 23.0 Å². The number of benzene rings is 3. The van der Waals surface area contributed by atoms with Crippen LogP contribution < -0.4 is 11.5 Å². The molecule has 6 heteroatoms. The SMILES string of the molecule is N#C/C(=C(/N)Sc1ccccc1N)c1cccc(C(O)c2cccc(C#N)c2)c1. The molecule has 3 aromatic rings. The van der Waals surface area contributed by atoms with Crippen molar-refractivity contribution in [3.63, 3.8) is 0 Å². The van der Waals surface area contributed by atoms with E-state index in [1.807, 2.05) is 18.2 Å². The second-order valence-electron chi connectivity index (χ2n) is 6.26. The number of allylic oxidation sites excluding steroid dienone is 1. The van der Waals surface area contributed by atoms with E-state index in [0.717, 1.165) is 4.90 Å². The Kier molecular flexibility index (Phi) is 6.21. The average Bonchev–Trinajstić information content (AvgIpc) is 2.75. The number of nitrogen functional groups attached to an aromatic ring is 1. The molecule has 0 heterocycles. The van der Waals surface area contributed by atoms with Crippen molar-refractivity contribution in [2.45, 2.75) is 11.0 Å². The second-order valence-corrected chi connectivity index (χ2v) is 7.34. The summed E-state index contributed by atoms with van der Waals surface area (Å²) in [7, 11) is 0. The third-order valence-corrected chi connectivity index (χ3v) is 5.34. The summed E-state index contributed by atoms with van der Waals surface area (Å²) in [5.41, 5.74) is 15.3. The van der Waals surface area contributed by atoms with E-state index in [4.69, 9.17) is 16.7 Å². The van der Waals surface area contributed by atoms with Gasteiger partial charge in [0.05, 0.1) is 22.2 Å². The van der Waals surface area contributed by atoms with E-state index in [0.29, 0.717) is 38.5 Å². The third-order valence-electron chi connectivity index (χ3n) is 4.32. The average molecular weight is 398 g/mol. The van der Waals surface area contributed by atoms with Crippen molar-refractivity contribution in [3.8, 4) is 12.1 Å². The summed E-state index contributed by atoms with van der Waals surface area (Å²) < 4.78 is 0. The lowest BCUT2D eigenvalue weighted by Gasteiger charge is -2.14. The lowest BCUT2D eigenvalue weighted by Crippen LogP contribution is -2.02. The molecule has 1 atom stereocenters. The van der Waals surface area contributed by atoms with Gasteiger partial charge in [-0.25, -0.2) is 0 Å². The van der Waals surface area contributed by atoms with Crippen molar-refractivity contribution < 1.29 is 5.11 Å². The Morgan fingerprint density at radius 2 is 1.62 bits per heavy atom. The molecule has 29 heavy (non-hydrogen) atoms. The summed E-state index contributed by atoms with van der Waals surface area (Å²) in [5.74, 6) is 0. The van der Waals surface area contributed by atoms with Crippen LogP contribution in [0.25, 0.3) is 5.57 Å². The molecule has 5 N–H and O–H groups in total. The van der Waals surface area contributed by atoms with E-state index in [1.165, 1.54) is 11.8 Å². The van der Waals surface area contributed by atoms with Crippen molar-refractivity contribution in [1.82, 2.24) is 0 Å². The Labute approximate surface area is 173 Å². The molecule has 0 amide bonds. The molecule has 142 valence electrons. The van der Waals surface area contributed by atoms with Gasteiger partial charge in [0.15, 0.2) is 0 Å². The molecular formula is C23H18N4OS. The van der Waals surface area contributed by atoms with Gasteiger partial charge in [0.1, 0.15) is 12.2 Å². The van der Waals surface area contributed by atoms with Gasteiger partial charge in [-0.05, 0) is 47.0 Å². The lowest BCUT2D eigenvalue weighted by molar-refractivity contribution is 0.220. The first-order chi connectivity index (χ1) is 14.0. The molecule has 5 nitrogen and oxygen atoms in total. The largest absolute Gasteiger partial charge is 0.398 e. The zero-order chi connectivity index (χ0) is 20.8. The normalized spacial score (nSPS) is 12.4. The number of hydrogen-bond donors (Lipinski definition) is 3. The van der Waals surface area contributed by atoms with Crippen LogP contribution in [0, 0.1) is 22.7 Å². The molecule has 3 aromatic carbocycles. The molecule has 0 spiro atoms. The Morgan fingerprint density at radius 1 is 0.931 bits per heavy atom. The molecule has 0 radical (unpaired) electrons. The van der Waals surface area contributed by atoms with Gasteiger partial charge in [0, 0.05) is 10.6 Å². The number of rotatable bonds is 5. The van der Waals surface area contributed by atoms with E-state index in [-0.39, 0.29) is 0 Å². The van der Waals surface area contributed by atoms with Crippen LogP contribution in [0.15, 0.2) is 82.7 Å². The highest BCUT2D eigenvalue weighted by atomic mass is 32.2. The molecule has 0 saturated carbocycles. The van der Waals surface area contributed by atoms with Gasteiger partial charge < -0.3 is 16.6 Å². The molecule has 0 aliphatic rings. The standard InChI is InChI=1S/C23H18N4OS/c24-13-15-5-3-7-17(11-15)22(28)18-8-4-6-16(12-18)19(14-25)23(27)29-21-10-2-1-9-20(21)26/h1-12,22,28H,26-27H2/b23-19+. The van der Waals surface area contributed by atoms with E-state index in [2.05, 4.69) is 12.1 Å². The number of anilines is 1. The van der Waals surface area contributed by atoms with Gasteiger partial charge in [0.25, 0.3) is 0 Å². The number of thioether (sulfide) groups is 1. The molecule has 0 saturated heterocycles. The monoisotopic (exact) mass is 398 g/mol. The van der Waals surface area contributed by atoms with Gasteiger partial charge in [0.2, 0.25) is 0 Å². The quantitative estimate of drug-likeness (QED) is 0.337. The maximum absolute atomic E-state index is 10.7. The van der Waals surface area contributed by atoms with E-state index >= 15 is 0 Å². The fraction of sp³-hybridized carbons (Fsp3) is 0.0435. The maximum Gasteiger partial charge on any atom is 0.104 e. The zero-order valence-electron chi connectivity index (χ0n) is 15.4. The highest BCUT2D eigenvalue weighted by Gasteiger charge is 2.15. The molecule has 0 aliphatic heterocycles. The van der Waals surface area contributed by atoms with Crippen molar-refractivity contribution in [2.75, 3.05) is 5.73 Å². The van der Waals surface area contributed by atoms with Crippen LogP contribution in [0.1, 0.15) is 28.4 Å². The van der Waals surface area contributed by atoms with Crippen LogP contribution in [0.3, 0.4) is 0 Å². The van der Waals surface area contributed by atoms with Gasteiger partial charge in [-0.2, -0.15) is 10.5 Å². The highest BCUT2D eigenvalue weighted by molar-refractivity contribution is 8.03. The smallest absolute Gasteiger partial charge is 0.104 e. The molecule has 0 bridgehead atoms. The number of para-hydroxylation sites is 1. The molecular weight excluding hydrogens is 380 g/mol. The Balaban J connectivity index is 1.95. The second kappa shape index (κ2) is 8.99. The first kappa shape index (κ1) is 20.0. The lowest BCUT2D eigenvalue weighted by atomic mass is 9.97. The molecule has 0 aromatic heterocycles. The van der Waals surface area contributed by atoms with E-state index in [9.17, 15) is 10.4 Å². The van der Waals surface area contributed by atoms with Crippen LogP contribution in [-0.4, -0.2) is 5.11 Å². The maximum atomic E-state index is 10.7. The van der Waals surface area contributed by atoms with Crippen molar-refractivity contribution in [2.24, 2.45) is 5.73 Å². The van der Waals surface area contributed by atoms with Crippen molar-refractivity contribution in [1.29, 1.82) is 10.5 Å². The molecule has 0 fully saturated rings. The van der Waals surface area contributed by atoms with Gasteiger partial charge in [-0.1, -0.05) is 54.2 Å². The minimum atomic E-state index is -0.929. The number of nitrogens with two attached hydrogens (primary N) is 2. The van der Waals surface area contributed by atoms with E-state index < -0.39 is 6.10 Å². The van der Waals surface area contributed by atoms with Crippen LogP contribution in [-0.2, 0) is 0 Å². The summed E-state index contributed by atoms with van der Waals surface area (Å²) in [5, 5.41) is 29.8. The number of aliphatic hydroxyl groups is 1. The highest BCUT2D eigenvalue weighted by Crippen LogP contribution is 2.33. The molecule has 3 rings (SSSR count).